The third-order valence-corrected chi connectivity index (χ3v) is 4.08. The third-order valence-electron chi connectivity index (χ3n) is 4.08. The third kappa shape index (κ3) is 2.77. The zero-order valence-electron chi connectivity index (χ0n) is 12.6. The Balaban J connectivity index is 1.92. The number of aliphatic carboxylic acids is 2. The van der Waals surface area contributed by atoms with Crippen LogP contribution in [0.4, 0.5) is 11.4 Å². The van der Waals surface area contributed by atoms with Crippen LogP contribution >= 0.6 is 0 Å². The maximum Gasteiger partial charge on any atom is 0.328 e. The van der Waals surface area contributed by atoms with Gasteiger partial charge in [-0.25, -0.2) is 4.79 Å². The summed E-state index contributed by atoms with van der Waals surface area (Å²) in [7, 11) is 0. The van der Waals surface area contributed by atoms with Gasteiger partial charge in [0.2, 0.25) is 0 Å². The first-order chi connectivity index (χ1) is 11.4. The molecule has 1 aliphatic heterocycles. The Morgan fingerprint density at radius 1 is 1.04 bits per heavy atom. The standard InChI is InChI=1S/C17H15N3O4/c18-17(16(23)24,8-7-15(21)22)11-3-1-10(2-4-11)13-6-5-12-9-14(13)20-19-12/h1-6,9H,7-8,18H2,(H,21,22)(H,23,24). The number of benzene rings is 2. The summed E-state index contributed by atoms with van der Waals surface area (Å²) in [6.45, 7) is 0. The number of carboxylic acid groups (broad SMARTS) is 2. The first kappa shape index (κ1) is 15.8. The van der Waals surface area contributed by atoms with E-state index in [0.29, 0.717) is 5.56 Å². The molecule has 2 aromatic rings. The Labute approximate surface area is 137 Å². The van der Waals surface area contributed by atoms with Gasteiger partial charge in [-0.1, -0.05) is 24.3 Å². The molecule has 0 spiro atoms. The molecular weight excluding hydrogens is 310 g/mol. The highest BCUT2D eigenvalue weighted by Crippen LogP contribution is 2.39. The number of hydrogen-bond donors (Lipinski definition) is 3. The molecule has 7 nitrogen and oxygen atoms in total. The van der Waals surface area contributed by atoms with Gasteiger partial charge >= 0.3 is 11.9 Å². The first-order valence-corrected chi connectivity index (χ1v) is 7.31. The fourth-order valence-corrected chi connectivity index (χ4v) is 2.65. The summed E-state index contributed by atoms with van der Waals surface area (Å²) >= 11 is 0. The lowest BCUT2D eigenvalue weighted by Crippen LogP contribution is -2.45. The van der Waals surface area contributed by atoms with E-state index in [9.17, 15) is 14.7 Å². The van der Waals surface area contributed by atoms with Crippen molar-refractivity contribution in [1.29, 1.82) is 0 Å². The summed E-state index contributed by atoms with van der Waals surface area (Å²) in [5, 5.41) is 26.3. The van der Waals surface area contributed by atoms with Gasteiger partial charge in [-0.05, 0) is 35.7 Å². The predicted molar refractivity (Wildman–Crippen MR) is 86.4 cm³/mol. The van der Waals surface area contributed by atoms with E-state index in [1.807, 2.05) is 18.2 Å². The second kappa shape index (κ2) is 5.86. The molecular formula is C17H15N3O4. The lowest BCUT2D eigenvalue weighted by atomic mass is 9.85. The van der Waals surface area contributed by atoms with E-state index in [4.69, 9.17) is 10.8 Å². The van der Waals surface area contributed by atoms with Gasteiger partial charge in [-0.3, -0.25) is 4.79 Å². The van der Waals surface area contributed by atoms with E-state index < -0.39 is 17.5 Å². The molecule has 0 radical (unpaired) electrons. The molecule has 7 heteroatoms. The van der Waals surface area contributed by atoms with Gasteiger partial charge in [0.25, 0.3) is 0 Å². The van der Waals surface area contributed by atoms with Gasteiger partial charge in [0.1, 0.15) is 5.54 Å². The van der Waals surface area contributed by atoms with Gasteiger partial charge in [0.05, 0.1) is 11.4 Å². The lowest BCUT2D eigenvalue weighted by Gasteiger charge is -2.24. The molecule has 0 aliphatic carbocycles. The minimum atomic E-state index is -1.74. The van der Waals surface area contributed by atoms with Gasteiger partial charge in [0.15, 0.2) is 0 Å². The highest BCUT2D eigenvalue weighted by molar-refractivity contribution is 5.83. The van der Waals surface area contributed by atoms with Crippen molar-refractivity contribution < 1.29 is 19.8 Å². The largest absolute Gasteiger partial charge is 0.481 e. The number of carboxylic acids is 2. The average molecular weight is 325 g/mol. The Morgan fingerprint density at radius 2 is 1.75 bits per heavy atom. The van der Waals surface area contributed by atoms with Gasteiger partial charge < -0.3 is 15.9 Å². The normalized spacial score (nSPS) is 14.4. The zero-order valence-corrected chi connectivity index (χ0v) is 12.6. The number of hydrogen-bond acceptors (Lipinski definition) is 5. The molecule has 1 unspecified atom stereocenters. The second-order valence-electron chi connectivity index (χ2n) is 5.65. The number of nitrogens with two attached hydrogens (primary N) is 1. The number of nitrogens with zero attached hydrogens (tertiary/aromatic N) is 2. The highest BCUT2D eigenvalue weighted by Gasteiger charge is 2.36. The fraction of sp³-hybridized carbons (Fsp3) is 0.176. The smallest absolute Gasteiger partial charge is 0.328 e. The summed E-state index contributed by atoms with van der Waals surface area (Å²) < 4.78 is 0. The predicted octanol–water partition coefficient (Wildman–Crippen LogP) is 3.19. The number of fused-ring (bicyclic) bond motifs is 2. The van der Waals surface area contributed by atoms with Gasteiger partial charge in [-0.15, -0.1) is 5.11 Å². The van der Waals surface area contributed by atoms with Crippen LogP contribution < -0.4 is 5.73 Å². The van der Waals surface area contributed by atoms with Crippen LogP contribution in [0.15, 0.2) is 52.7 Å². The van der Waals surface area contributed by atoms with Gasteiger partial charge in [0, 0.05) is 12.0 Å². The van der Waals surface area contributed by atoms with E-state index in [2.05, 4.69) is 10.2 Å². The van der Waals surface area contributed by atoms with Crippen molar-refractivity contribution in [2.45, 2.75) is 18.4 Å². The Hall–Kier alpha value is -3.06. The summed E-state index contributed by atoms with van der Waals surface area (Å²) in [6, 6.07) is 12.3. The number of carbonyl (C=O) groups is 2. The summed E-state index contributed by atoms with van der Waals surface area (Å²) in [4.78, 5) is 22.3. The van der Waals surface area contributed by atoms with Crippen LogP contribution in [0.25, 0.3) is 11.1 Å². The zero-order chi connectivity index (χ0) is 17.3. The van der Waals surface area contributed by atoms with Crippen molar-refractivity contribution in [3.05, 3.63) is 48.0 Å². The van der Waals surface area contributed by atoms with E-state index in [1.54, 1.807) is 24.3 Å². The monoisotopic (exact) mass is 325 g/mol. The van der Waals surface area contributed by atoms with Crippen molar-refractivity contribution >= 4 is 23.3 Å². The van der Waals surface area contributed by atoms with Crippen LogP contribution in [0, 0.1) is 0 Å². The lowest BCUT2D eigenvalue weighted by molar-refractivity contribution is -0.145. The molecule has 2 aromatic carbocycles. The van der Waals surface area contributed by atoms with Crippen LogP contribution in [-0.2, 0) is 15.1 Å². The molecule has 0 fully saturated rings. The van der Waals surface area contributed by atoms with E-state index in [0.717, 1.165) is 22.5 Å². The molecule has 0 aromatic heterocycles. The summed E-state index contributed by atoms with van der Waals surface area (Å²) in [6.07, 6.45) is -0.512. The maximum absolute atomic E-state index is 11.6. The molecule has 1 atom stereocenters. The molecule has 3 rings (SSSR count). The molecule has 2 bridgehead atoms. The van der Waals surface area contributed by atoms with Crippen molar-refractivity contribution in [2.24, 2.45) is 16.0 Å². The highest BCUT2D eigenvalue weighted by atomic mass is 16.4. The summed E-state index contributed by atoms with van der Waals surface area (Å²) in [5.74, 6) is -2.34. The number of azo groups is 1. The minimum absolute atomic E-state index is 0.189. The van der Waals surface area contributed by atoms with Crippen LogP contribution in [0.5, 0.6) is 0 Å². The van der Waals surface area contributed by atoms with Gasteiger partial charge in [-0.2, -0.15) is 5.11 Å². The maximum atomic E-state index is 11.6. The van der Waals surface area contributed by atoms with Crippen molar-refractivity contribution in [1.82, 2.24) is 0 Å². The first-order valence-electron chi connectivity index (χ1n) is 7.31. The second-order valence-corrected chi connectivity index (χ2v) is 5.65. The van der Waals surface area contributed by atoms with Crippen molar-refractivity contribution in [2.75, 3.05) is 0 Å². The number of rotatable bonds is 6. The van der Waals surface area contributed by atoms with Crippen LogP contribution in [0.1, 0.15) is 18.4 Å². The van der Waals surface area contributed by atoms with Crippen molar-refractivity contribution in [3.63, 3.8) is 0 Å². The van der Waals surface area contributed by atoms with E-state index >= 15 is 0 Å². The molecule has 1 aliphatic rings. The molecule has 24 heavy (non-hydrogen) atoms. The Morgan fingerprint density at radius 3 is 2.38 bits per heavy atom. The Bertz CT molecular complexity index is 845. The molecule has 122 valence electrons. The average Bonchev–Trinajstić information content (AvgIpc) is 2.94. The Kier molecular flexibility index (Phi) is 3.86. The molecule has 0 saturated heterocycles. The minimum Gasteiger partial charge on any atom is -0.481 e. The summed E-state index contributed by atoms with van der Waals surface area (Å²) in [5.41, 5.74) is 7.87. The quantitative estimate of drug-likeness (QED) is 0.641. The van der Waals surface area contributed by atoms with E-state index in [-0.39, 0.29) is 12.8 Å². The van der Waals surface area contributed by atoms with Crippen LogP contribution in [0.3, 0.4) is 0 Å². The van der Waals surface area contributed by atoms with Crippen molar-refractivity contribution in [3.8, 4) is 11.1 Å². The van der Waals surface area contributed by atoms with Crippen LogP contribution in [-0.4, -0.2) is 22.2 Å². The fourth-order valence-electron chi connectivity index (χ4n) is 2.65. The molecule has 0 amide bonds. The SMILES string of the molecule is NC(CCC(=O)O)(C(=O)O)c1ccc(-c2ccc3cc2N=N3)cc1. The topological polar surface area (TPSA) is 125 Å². The van der Waals surface area contributed by atoms with Crippen LogP contribution in [0.2, 0.25) is 0 Å². The molecule has 4 N–H and O–H groups in total. The molecule has 0 saturated carbocycles. The van der Waals surface area contributed by atoms with E-state index in [1.165, 1.54) is 0 Å². The molecule has 1 heterocycles.